The fourth-order valence-corrected chi connectivity index (χ4v) is 6.64. The summed E-state index contributed by atoms with van der Waals surface area (Å²) in [5.41, 5.74) is 7.81. The van der Waals surface area contributed by atoms with Crippen LogP contribution >= 0.6 is 23.2 Å². The maximum absolute atomic E-state index is 13.4. The highest BCUT2D eigenvalue weighted by molar-refractivity contribution is 6.42. The normalized spacial score (nSPS) is 20.8. The molecule has 8 heteroatoms. The number of halogens is 2. The molecule has 3 aromatic carbocycles. The highest BCUT2D eigenvalue weighted by Gasteiger charge is 2.44. The maximum Gasteiger partial charge on any atom is 0.253 e. The molecule has 0 radical (unpaired) electrons. The quantitative estimate of drug-likeness (QED) is 0.371. The van der Waals surface area contributed by atoms with E-state index in [1.54, 1.807) is 7.11 Å². The average molecular weight is 581 g/mol. The smallest absolute Gasteiger partial charge is 0.253 e. The third-order valence-corrected chi connectivity index (χ3v) is 9.66. The van der Waals surface area contributed by atoms with Crippen LogP contribution in [-0.4, -0.2) is 61.4 Å². The van der Waals surface area contributed by atoms with Crippen LogP contribution in [0.1, 0.15) is 47.2 Å². The predicted octanol–water partition coefficient (Wildman–Crippen LogP) is 5.70. The van der Waals surface area contributed by atoms with E-state index in [9.17, 15) is 9.59 Å². The minimum Gasteiger partial charge on any atom is -0.497 e. The summed E-state index contributed by atoms with van der Waals surface area (Å²) in [5, 5.41) is 1.04. The first kappa shape index (κ1) is 28.5. The van der Waals surface area contributed by atoms with Crippen molar-refractivity contribution >= 4 is 35.0 Å². The maximum atomic E-state index is 13.4. The Morgan fingerprint density at radius 1 is 0.875 bits per heavy atom. The summed E-state index contributed by atoms with van der Waals surface area (Å²) in [6.45, 7) is 3.66. The van der Waals surface area contributed by atoms with Gasteiger partial charge in [-0.05, 0) is 92.8 Å². The molecule has 0 saturated carbocycles. The Morgan fingerprint density at radius 2 is 1.57 bits per heavy atom. The second-order valence-electron chi connectivity index (χ2n) is 11.0. The van der Waals surface area contributed by atoms with Crippen molar-refractivity contribution in [1.29, 1.82) is 0 Å². The molecule has 5 rings (SSSR count). The molecular weight excluding hydrogens is 545 g/mol. The average Bonchev–Trinajstić information content (AvgIpc) is 3.43. The van der Waals surface area contributed by atoms with Gasteiger partial charge >= 0.3 is 0 Å². The van der Waals surface area contributed by atoms with Crippen LogP contribution in [0.2, 0.25) is 10.0 Å². The van der Waals surface area contributed by atoms with Gasteiger partial charge in [-0.1, -0.05) is 59.6 Å². The molecule has 2 amide bonds. The number of nitrogens with zero attached hydrogens (tertiary/aromatic N) is 2. The standard InChI is InChI=1S/C32H35Cl2N3O3/c1-40-26-10-7-23(8-11-26)29(38)37-20-14-31(22-37,25-9-12-27(33)28(34)21-25)13-17-36-18-15-32(16-19-36,30(35)39)24-5-3-2-4-6-24/h2-12,21H,13-20,22H2,1H3,(H2,35,39). The number of rotatable bonds is 8. The van der Waals surface area contributed by atoms with E-state index in [1.165, 1.54) is 0 Å². The molecule has 0 aliphatic carbocycles. The number of primary amides is 1. The zero-order chi connectivity index (χ0) is 28.3. The number of piperidine rings is 1. The van der Waals surface area contributed by atoms with Crippen molar-refractivity contribution in [2.45, 2.75) is 36.5 Å². The van der Waals surface area contributed by atoms with Gasteiger partial charge in [0.2, 0.25) is 5.91 Å². The van der Waals surface area contributed by atoms with E-state index in [2.05, 4.69) is 4.90 Å². The number of benzene rings is 3. The summed E-state index contributed by atoms with van der Waals surface area (Å²) in [6.07, 6.45) is 3.06. The number of carbonyl (C=O) groups is 2. The van der Waals surface area contributed by atoms with Crippen molar-refractivity contribution < 1.29 is 14.3 Å². The van der Waals surface area contributed by atoms with E-state index in [0.29, 0.717) is 41.5 Å². The van der Waals surface area contributed by atoms with Crippen molar-refractivity contribution in [2.24, 2.45) is 5.73 Å². The van der Waals surface area contributed by atoms with Crippen molar-refractivity contribution in [2.75, 3.05) is 39.8 Å². The second kappa shape index (κ2) is 11.8. The minimum absolute atomic E-state index is 0.0108. The lowest BCUT2D eigenvalue weighted by Crippen LogP contribution is -2.50. The van der Waals surface area contributed by atoms with Gasteiger partial charge in [0.15, 0.2) is 0 Å². The van der Waals surface area contributed by atoms with E-state index in [-0.39, 0.29) is 17.2 Å². The fourth-order valence-electron chi connectivity index (χ4n) is 6.34. The van der Waals surface area contributed by atoms with Gasteiger partial charge in [0.05, 0.1) is 22.6 Å². The molecule has 210 valence electrons. The molecule has 2 N–H and O–H groups in total. The first-order valence-electron chi connectivity index (χ1n) is 13.7. The van der Waals surface area contributed by atoms with Gasteiger partial charge in [-0.3, -0.25) is 9.59 Å². The van der Waals surface area contributed by atoms with Crippen LogP contribution in [0.15, 0.2) is 72.8 Å². The Labute approximate surface area is 246 Å². The van der Waals surface area contributed by atoms with Crippen molar-refractivity contribution in [3.05, 3.63) is 99.5 Å². The van der Waals surface area contributed by atoms with Gasteiger partial charge < -0.3 is 20.3 Å². The number of hydrogen-bond acceptors (Lipinski definition) is 4. The molecule has 2 aliphatic heterocycles. The molecule has 2 heterocycles. The van der Waals surface area contributed by atoms with Gasteiger partial charge in [-0.2, -0.15) is 0 Å². The van der Waals surface area contributed by atoms with E-state index in [0.717, 1.165) is 49.4 Å². The lowest BCUT2D eigenvalue weighted by atomic mass is 9.71. The third kappa shape index (κ3) is 5.58. The molecule has 1 unspecified atom stereocenters. The number of carbonyl (C=O) groups excluding carboxylic acids is 2. The first-order chi connectivity index (χ1) is 19.3. The monoisotopic (exact) mass is 579 g/mol. The zero-order valence-electron chi connectivity index (χ0n) is 22.7. The summed E-state index contributed by atoms with van der Waals surface area (Å²) in [5.74, 6) is 0.475. The number of amides is 2. The molecule has 1 atom stereocenters. The Balaban J connectivity index is 1.32. The topological polar surface area (TPSA) is 75.9 Å². The highest BCUT2D eigenvalue weighted by atomic mass is 35.5. The Morgan fingerprint density at radius 3 is 2.20 bits per heavy atom. The molecule has 2 aliphatic rings. The number of nitrogens with two attached hydrogens (primary N) is 1. The largest absolute Gasteiger partial charge is 0.497 e. The zero-order valence-corrected chi connectivity index (χ0v) is 24.3. The molecule has 0 spiro atoms. The Hall–Kier alpha value is -3.06. The Bertz CT molecular complexity index is 1360. The van der Waals surface area contributed by atoms with E-state index in [1.807, 2.05) is 77.7 Å². The predicted molar refractivity (Wildman–Crippen MR) is 159 cm³/mol. The van der Waals surface area contributed by atoms with E-state index >= 15 is 0 Å². The summed E-state index contributed by atoms with van der Waals surface area (Å²) in [4.78, 5) is 30.4. The van der Waals surface area contributed by atoms with Crippen LogP contribution in [0, 0.1) is 0 Å². The van der Waals surface area contributed by atoms with Crippen molar-refractivity contribution in [3.8, 4) is 5.75 Å². The SMILES string of the molecule is COc1ccc(C(=O)N2CCC(CCN3CCC(C(N)=O)(c4ccccc4)CC3)(c3ccc(Cl)c(Cl)c3)C2)cc1. The lowest BCUT2D eigenvalue weighted by Gasteiger charge is -2.41. The van der Waals surface area contributed by atoms with Gasteiger partial charge in [0.1, 0.15) is 5.75 Å². The van der Waals surface area contributed by atoms with Gasteiger partial charge in [-0.15, -0.1) is 0 Å². The van der Waals surface area contributed by atoms with Crippen LogP contribution in [0.25, 0.3) is 0 Å². The summed E-state index contributed by atoms with van der Waals surface area (Å²) in [7, 11) is 1.61. The second-order valence-corrected chi connectivity index (χ2v) is 11.8. The van der Waals surface area contributed by atoms with Gasteiger partial charge in [0.25, 0.3) is 5.91 Å². The van der Waals surface area contributed by atoms with E-state index < -0.39 is 5.41 Å². The summed E-state index contributed by atoms with van der Waals surface area (Å²) >= 11 is 12.7. The number of likely N-dealkylation sites (tertiary alicyclic amines) is 2. The van der Waals surface area contributed by atoms with Crippen LogP contribution in [-0.2, 0) is 15.6 Å². The fraction of sp³-hybridized carbons (Fsp3) is 0.375. The third-order valence-electron chi connectivity index (χ3n) is 8.92. The number of methoxy groups -OCH3 is 1. The first-order valence-corrected chi connectivity index (χ1v) is 14.5. The highest BCUT2D eigenvalue weighted by Crippen LogP contribution is 2.42. The molecule has 0 bridgehead atoms. The van der Waals surface area contributed by atoms with Gasteiger partial charge in [0, 0.05) is 24.1 Å². The molecule has 2 fully saturated rings. The summed E-state index contributed by atoms with van der Waals surface area (Å²) < 4.78 is 5.25. The van der Waals surface area contributed by atoms with Crippen LogP contribution in [0.5, 0.6) is 5.75 Å². The molecule has 3 aromatic rings. The molecule has 2 saturated heterocycles. The van der Waals surface area contributed by atoms with Gasteiger partial charge in [-0.25, -0.2) is 0 Å². The van der Waals surface area contributed by atoms with Crippen LogP contribution < -0.4 is 10.5 Å². The molecule has 6 nitrogen and oxygen atoms in total. The van der Waals surface area contributed by atoms with Crippen LogP contribution in [0.4, 0.5) is 0 Å². The number of hydrogen-bond donors (Lipinski definition) is 1. The van der Waals surface area contributed by atoms with Crippen LogP contribution in [0.3, 0.4) is 0 Å². The molecule has 0 aromatic heterocycles. The molecular formula is C32H35Cl2N3O3. The molecule has 40 heavy (non-hydrogen) atoms. The lowest BCUT2D eigenvalue weighted by molar-refractivity contribution is -0.125. The minimum atomic E-state index is -0.631. The van der Waals surface area contributed by atoms with Crippen molar-refractivity contribution in [1.82, 2.24) is 9.80 Å². The summed E-state index contributed by atoms with van der Waals surface area (Å²) in [6, 6.07) is 23.0. The van der Waals surface area contributed by atoms with E-state index in [4.69, 9.17) is 33.7 Å². The van der Waals surface area contributed by atoms with Crippen molar-refractivity contribution in [3.63, 3.8) is 0 Å². The Kier molecular flexibility index (Phi) is 8.41. The number of ether oxygens (including phenoxy) is 1.